The molecule has 10 heteroatoms. The number of benzene rings is 1. The molecule has 0 spiro atoms. The van der Waals surface area contributed by atoms with E-state index >= 15 is 0 Å². The van der Waals surface area contributed by atoms with Gasteiger partial charge in [-0.2, -0.15) is 5.10 Å². The number of aliphatic imine (C=N–C) groups is 1. The zero-order chi connectivity index (χ0) is 18.8. The number of amides is 1. The molecule has 148 valence electrons. The Kier molecular flexibility index (Phi) is 10.3. The number of nitrogens with zero attached hydrogens (tertiary/aromatic N) is 4. The fraction of sp³-hybridized carbons (Fsp3) is 0.412. The van der Waals surface area contributed by atoms with Gasteiger partial charge in [-0.1, -0.05) is 12.1 Å². The normalized spacial score (nSPS) is 10.9. The molecule has 1 heterocycles. The molecule has 0 bridgehead atoms. The van der Waals surface area contributed by atoms with Crippen LogP contribution in [0.2, 0.25) is 0 Å². The summed E-state index contributed by atoms with van der Waals surface area (Å²) in [5.74, 6) is 0.979. The van der Waals surface area contributed by atoms with Crippen molar-refractivity contribution in [3.63, 3.8) is 0 Å². The molecule has 8 nitrogen and oxygen atoms in total. The van der Waals surface area contributed by atoms with Crippen LogP contribution in [0.3, 0.4) is 0 Å². The number of hydrogen-bond donors (Lipinski definition) is 3. The lowest BCUT2D eigenvalue weighted by atomic mass is 10.1. The van der Waals surface area contributed by atoms with Gasteiger partial charge in [-0.05, 0) is 24.6 Å². The van der Waals surface area contributed by atoms with E-state index in [-0.39, 0.29) is 42.1 Å². The molecule has 2 aromatic rings. The second-order valence-corrected chi connectivity index (χ2v) is 5.58. The van der Waals surface area contributed by atoms with Crippen molar-refractivity contribution >= 4 is 35.8 Å². The van der Waals surface area contributed by atoms with Crippen molar-refractivity contribution in [2.75, 3.05) is 19.6 Å². The number of carbonyl (C=O) groups is 1. The maximum absolute atomic E-state index is 12.9. The van der Waals surface area contributed by atoms with E-state index in [0.29, 0.717) is 25.6 Å². The minimum atomic E-state index is -0.310. The van der Waals surface area contributed by atoms with Crippen molar-refractivity contribution < 1.29 is 9.18 Å². The summed E-state index contributed by atoms with van der Waals surface area (Å²) in [6.45, 7) is 4.09. The molecule has 2 rings (SSSR count). The SMILES string of the molecule is CCNC(=NCc1ncnn1C)NCCNC(=O)Cc1ccc(F)cc1.I. The summed E-state index contributed by atoms with van der Waals surface area (Å²) < 4.78 is 14.5. The van der Waals surface area contributed by atoms with Gasteiger partial charge >= 0.3 is 0 Å². The predicted molar refractivity (Wildman–Crippen MR) is 112 cm³/mol. The Hall–Kier alpha value is -2.24. The number of halogens is 2. The fourth-order valence-corrected chi connectivity index (χ4v) is 2.19. The van der Waals surface area contributed by atoms with E-state index in [2.05, 4.69) is 31.0 Å². The maximum atomic E-state index is 12.9. The van der Waals surface area contributed by atoms with Gasteiger partial charge in [-0.3, -0.25) is 9.48 Å². The highest BCUT2D eigenvalue weighted by molar-refractivity contribution is 14.0. The van der Waals surface area contributed by atoms with Crippen molar-refractivity contribution in [1.29, 1.82) is 0 Å². The third kappa shape index (κ3) is 8.33. The first-order valence-corrected chi connectivity index (χ1v) is 8.44. The first kappa shape index (κ1) is 22.8. The minimum Gasteiger partial charge on any atom is -0.357 e. The van der Waals surface area contributed by atoms with Gasteiger partial charge in [0.05, 0.1) is 6.42 Å². The molecular formula is C17H25FIN7O. The van der Waals surface area contributed by atoms with Crippen molar-refractivity contribution in [1.82, 2.24) is 30.7 Å². The molecule has 0 aliphatic carbocycles. The molecule has 0 unspecified atom stereocenters. The topological polar surface area (TPSA) is 96.2 Å². The van der Waals surface area contributed by atoms with Crippen LogP contribution in [0.1, 0.15) is 18.3 Å². The van der Waals surface area contributed by atoms with Crippen LogP contribution in [-0.4, -0.2) is 46.3 Å². The lowest BCUT2D eigenvalue weighted by Crippen LogP contribution is -2.41. The van der Waals surface area contributed by atoms with E-state index in [9.17, 15) is 9.18 Å². The van der Waals surface area contributed by atoms with Crippen LogP contribution >= 0.6 is 24.0 Å². The summed E-state index contributed by atoms with van der Waals surface area (Å²) in [6, 6.07) is 5.91. The summed E-state index contributed by atoms with van der Waals surface area (Å²) in [5, 5.41) is 13.1. The Bertz CT molecular complexity index is 733. The second-order valence-electron chi connectivity index (χ2n) is 5.58. The highest BCUT2D eigenvalue weighted by Crippen LogP contribution is 2.03. The van der Waals surface area contributed by atoms with E-state index in [1.54, 1.807) is 16.8 Å². The molecular weight excluding hydrogens is 464 g/mol. The summed E-state index contributed by atoms with van der Waals surface area (Å²) in [6.07, 6.45) is 1.71. The molecule has 3 N–H and O–H groups in total. The Labute approximate surface area is 175 Å². The van der Waals surface area contributed by atoms with Crippen molar-refractivity contribution in [2.24, 2.45) is 12.0 Å². The van der Waals surface area contributed by atoms with E-state index in [4.69, 9.17) is 0 Å². The summed E-state index contributed by atoms with van der Waals surface area (Å²) in [7, 11) is 1.81. The van der Waals surface area contributed by atoms with Crippen LogP contribution in [0.25, 0.3) is 0 Å². The van der Waals surface area contributed by atoms with Crippen LogP contribution in [0, 0.1) is 5.82 Å². The highest BCUT2D eigenvalue weighted by Gasteiger charge is 2.04. The zero-order valence-corrected chi connectivity index (χ0v) is 17.7. The summed E-state index contributed by atoms with van der Waals surface area (Å²) >= 11 is 0. The van der Waals surface area contributed by atoms with Crippen LogP contribution < -0.4 is 16.0 Å². The van der Waals surface area contributed by atoms with Gasteiger partial charge in [-0.25, -0.2) is 14.4 Å². The van der Waals surface area contributed by atoms with E-state index in [1.807, 2.05) is 14.0 Å². The standard InChI is InChI=1S/C17H24FN7O.HI/c1-3-19-17(22-11-15-23-12-24-25(15)2)21-9-8-20-16(26)10-13-4-6-14(18)7-5-13;/h4-7,12H,3,8-11H2,1-2H3,(H,20,26)(H2,19,21,22);1H. The van der Waals surface area contributed by atoms with Gasteiger partial charge < -0.3 is 16.0 Å². The average molecular weight is 489 g/mol. The zero-order valence-electron chi connectivity index (χ0n) is 15.4. The van der Waals surface area contributed by atoms with Crippen molar-refractivity contribution in [3.05, 3.63) is 47.8 Å². The lowest BCUT2D eigenvalue weighted by molar-refractivity contribution is -0.120. The molecule has 1 aromatic heterocycles. The van der Waals surface area contributed by atoms with Gasteiger partial charge in [0, 0.05) is 26.7 Å². The Morgan fingerprint density at radius 2 is 1.89 bits per heavy atom. The molecule has 1 amide bonds. The van der Waals surface area contributed by atoms with Crippen LogP contribution in [0.4, 0.5) is 4.39 Å². The van der Waals surface area contributed by atoms with Gasteiger partial charge in [0.15, 0.2) is 5.96 Å². The molecule has 1 aromatic carbocycles. The predicted octanol–water partition coefficient (Wildman–Crippen LogP) is 0.986. The van der Waals surface area contributed by atoms with Gasteiger partial charge in [-0.15, -0.1) is 24.0 Å². The van der Waals surface area contributed by atoms with Crippen molar-refractivity contribution in [2.45, 2.75) is 19.9 Å². The Morgan fingerprint density at radius 1 is 1.19 bits per heavy atom. The largest absolute Gasteiger partial charge is 0.357 e. The first-order chi connectivity index (χ1) is 12.6. The number of guanidine groups is 1. The monoisotopic (exact) mass is 489 g/mol. The third-order valence-corrected chi connectivity index (χ3v) is 3.55. The number of hydrogen-bond acceptors (Lipinski definition) is 4. The van der Waals surface area contributed by atoms with E-state index < -0.39 is 0 Å². The molecule has 0 fully saturated rings. The molecule has 0 radical (unpaired) electrons. The smallest absolute Gasteiger partial charge is 0.224 e. The van der Waals surface area contributed by atoms with Crippen molar-refractivity contribution in [3.8, 4) is 0 Å². The van der Waals surface area contributed by atoms with Gasteiger partial charge in [0.2, 0.25) is 5.91 Å². The van der Waals surface area contributed by atoms with E-state index in [0.717, 1.165) is 17.9 Å². The number of aryl methyl sites for hydroxylation is 1. The van der Waals surface area contributed by atoms with Crippen LogP contribution in [-0.2, 0) is 24.8 Å². The van der Waals surface area contributed by atoms with Crippen LogP contribution in [0.5, 0.6) is 0 Å². The first-order valence-electron chi connectivity index (χ1n) is 8.44. The fourth-order valence-electron chi connectivity index (χ4n) is 2.19. The number of nitrogens with one attached hydrogen (secondary N) is 3. The maximum Gasteiger partial charge on any atom is 0.224 e. The molecule has 0 saturated heterocycles. The number of aromatic nitrogens is 3. The second kappa shape index (κ2) is 12.2. The quantitative estimate of drug-likeness (QED) is 0.223. The summed E-state index contributed by atoms with van der Waals surface area (Å²) in [4.78, 5) is 20.4. The highest BCUT2D eigenvalue weighted by atomic mass is 127. The average Bonchev–Trinajstić information content (AvgIpc) is 3.03. The van der Waals surface area contributed by atoms with Gasteiger partial charge in [0.25, 0.3) is 0 Å². The Morgan fingerprint density at radius 3 is 2.52 bits per heavy atom. The molecule has 0 saturated carbocycles. The Balaban J connectivity index is 0.00000364. The van der Waals surface area contributed by atoms with E-state index in [1.165, 1.54) is 18.5 Å². The van der Waals surface area contributed by atoms with Crippen LogP contribution in [0.15, 0.2) is 35.6 Å². The van der Waals surface area contributed by atoms with Gasteiger partial charge in [0.1, 0.15) is 24.5 Å². The third-order valence-electron chi connectivity index (χ3n) is 3.55. The summed E-state index contributed by atoms with van der Waals surface area (Å²) in [5.41, 5.74) is 0.774. The minimum absolute atomic E-state index is 0. The molecule has 0 atom stereocenters. The molecule has 0 aliphatic rings. The number of carbonyl (C=O) groups excluding carboxylic acids is 1. The molecule has 27 heavy (non-hydrogen) atoms. The lowest BCUT2D eigenvalue weighted by Gasteiger charge is -2.12. The molecule has 0 aliphatic heterocycles. The number of rotatable bonds is 8.